The van der Waals surface area contributed by atoms with E-state index in [1.807, 2.05) is 0 Å². The number of rotatable bonds is 1. The van der Waals surface area contributed by atoms with Gasteiger partial charge in [-0.25, -0.2) is 0 Å². The molecule has 0 unspecified atom stereocenters. The number of para-hydroxylation sites is 3. The van der Waals surface area contributed by atoms with Crippen molar-refractivity contribution in [3.63, 3.8) is 0 Å². The molecule has 3 aliphatic rings. The summed E-state index contributed by atoms with van der Waals surface area (Å²) in [6, 6.07) is 45.4. The highest BCUT2D eigenvalue weighted by atomic mass is 15.1. The predicted molar refractivity (Wildman–Crippen MR) is 182 cm³/mol. The van der Waals surface area contributed by atoms with Crippen LogP contribution in [0.4, 0.5) is 11.4 Å². The van der Waals surface area contributed by atoms with Gasteiger partial charge in [0.25, 0.3) is 0 Å². The van der Waals surface area contributed by atoms with E-state index < -0.39 is 0 Å². The van der Waals surface area contributed by atoms with Crippen LogP contribution in [0, 0.1) is 6.92 Å². The minimum Gasteiger partial charge on any atom is -0.376 e. The molecular formula is C40H29BN2. The number of anilines is 2. The molecular weight excluding hydrogens is 519 g/mol. The molecule has 2 nitrogen and oxygen atoms in total. The van der Waals surface area contributed by atoms with Crippen LogP contribution in [-0.4, -0.2) is 11.4 Å². The Morgan fingerprint density at radius 2 is 1.37 bits per heavy atom. The van der Waals surface area contributed by atoms with Crippen LogP contribution >= 0.6 is 0 Å². The van der Waals surface area contributed by atoms with Crippen LogP contribution in [0.1, 0.15) is 30.5 Å². The maximum atomic E-state index is 2.63. The van der Waals surface area contributed by atoms with Gasteiger partial charge in [0, 0.05) is 38.8 Å². The third-order valence-electron chi connectivity index (χ3n) is 10.5. The highest BCUT2D eigenvalue weighted by Crippen LogP contribution is 2.57. The quantitative estimate of drug-likeness (QED) is 0.187. The van der Waals surface area contributed by atoms with Crippen molar-refractivity contribution in [1.29, 1.82) is 0 Å². The van der Waals surface area contributed by atoms with Crippen LogP contribution in [-0.2, 0) is 5.41 Å². The zero-order chi connectivity index (χ0) is 28.6. The number of aromatic nitrogens is 1. The lowest BCUT2D eigenvalue weighted by atomic mass is 9.43. The van der Waals surface area contributed by atoms with Gasteiger partial charge in [-0.15, -0.1) is 0 Å². The number of benzene rings is 6. The number of hydrogen-bond donors (Lipinski definition) is 0. The fourth-order valence-corrected chi connectivity index (χ4v) is 8.74. The topological polar surface area (TPSA) is 8.17 Å². The molecule has 0 N–H and O–H groups in total. The number of nitrogens with zero attached hydrogens (tertiary/aromatic N) is 2. The molecule has 0 amide bonds. The van der Waals surface area contributed by atoms with Gasteiger partial charge in [0.15, 0.2) is 0 Å². The highest BCUT2D eigenvalue weighted by molar-refractivity contribution is 6.93. The van der Waals surface area contributed by atoms with Crippen molar-refractivity contribution in [2.24, 2.45) is 0 Å². The van der Waals surface area contributed by atoms with Crippen LogP contribution in [0.25, 0.3) is 49.7 Å². The van der Waals surface area contributed by atoms with E-state index in [0.717, 1.165) is 0 Å². The molecule has 2 aliphatic heterocycles. The monoisotopic (exact) mass is 548 g/mol. The van der Waals surface area contributed by atoms with Gasteiger partial charge in [-0.2, -0.15) is 0 Å². The van der Waals surface area contributed by atoms with Crippen molar-refractivity contribution in [3.8, 4) is 27.9 Å². The largest absolute Gasteiger partial charge is 0.376 e. The Balaban J connectivity index is 1.46. The van der Waals surface area contributed by atoms with E-state index >= 15 is 0 Å². The summed E-state index contributed by atoms with van der Waals surface area (Å²) in [5.74, 6) is 0. The third kappa shape index (κ3) is 2.72. The van der Waals surface area contributed by atoms with Crippen LogP contribution < -0.4 is 15.7 Å². The summed E-state index contributed by atoms with van der Waals surface area (Å²) >= 11 is 0. The Kier molecular flexibility index (Phi) is 4.31. The van der Waals surface area contributed by atoms with Gasteiger partial charge in [-0.05, 0) is 81.6 Å². The lowest BCUT2D eigenvalue weighted by Gasteiger charge is -2.43. The molecule has 3 heterocycles. The summed E-state index contributed by atoms with van der Waals surface area (Å²) in [6.45, 7) is 7.14. The van der Waals surface area contributed by atoms with Gasteiger partial charge >= 0.3 is 6.85 Å². The van der Waals surface area contributed by atoms with E-state index in [0.29, 0.717) is 0 Å². The van der Waals surface area contributed by atoms with Crippen molar-refractivity contribution in [2.45, 2.75) is 26.2 Å². The first-order chi connectivity index (χ1) is 21.1. The SMILES string of the molecule is Cc1cc2c3c4c1c1ccccc1n4-c1ccccc1B3N(c1ccccc1)c1ccc3c(c1-2)-c1ccccc1C3(C)C. The lowest BCUT2D eigenvalue weighted by Crippen LogP contribution is -2.60. The van der Waals surface area contributed by atoms with E-state index in [1.54, 1.807) is 0 Å². The molecule has 7 aromatic rings. The average Bonchev–Trinajstić information content (AvgIpc) is 3.51. The van der Waals surface area contributed by atoms with Crippen molar-refractivity contribution in [2.75, 3.05) is 4.81 Å². The molecule has 3 heteroatoms. The average molecular weight is 548 g/mol. The molecule has 0 atom stereocenters. The molecule has 0 bridgehead atoms. The summed E-state index contributed by atoms with van der Waals surface area (Å²) in [5.41, 5.74) is 18.8. The summed E-state index contributed by atoms with van der Waals surface area (Å²) in [4.78, 5) is 2.63. The standard InChI is InChI=1S/C40H29BN2/c1-24-23-28-37-34(22-21-30-36(37)26-15-7-9-17-29(26)40(30,2)3)43(25-13-5-4-6-14-25)41-31-18-10-12-20-33(31)42-32-19-11-8-16-27(32)35(24)39(42)38(28)41/h4-23H,1-3H3. The first kappa shape index (κ1) is 23.5. The van der Waals surface area contributed by atoms with E-state index in [-0.39, 0.29) is 12.3 Å². The third-order valence-corrected chi connectivity index (χ3v) is 10.5. The molecule has 43 heavy (non-hydrogen) atoms. The number of fused-ring (bicyclic) bond motifs is 12. The molecule has 1 aromatic heterocycles. The van der Waals surface area contributed by atoms with Gasteiger partial charge in [0.05, 0.1) is 11.0 Å². The normalized spacial score (nSPS) is 15.0. The molecule has 0 radical (unpaired) electrons. The first-order valence-electron chi connectivity index (χ1n) is 15.3. The predicted octanol–water partition coefficient (Wildman–Crippen LogP) is 8.64. The second-order valence-corrected chi connectivity index (χ2v) is 13.0. The number of hydrogen-bond acceptors (Lipinski definition) is 1. The Bertz CT molecular complexity index is 2340. The second-order valence-electron chi connectivity index (χ2n) is 13.0. The Labute approximate surface area is 251 Å². The van der Waals surface area contributed by atoms with Gasteiger partial charge in [0.1, 0.15) is 0 Å². The molecule has 1 aliphatic carbocycles. The van der Waals surface area contributed by atoms with E-state index in [9.17, 15) is 0 Å². The van der Waals surface area contributed by atoms with Gasteiger partial charge < -0.3 is 9.38 Å². The van der Waals surface area contributed by atoms with Crippen LogP contribution in [0.3, 0.4) is 0 Å². The van der Waals surface area contributed by atoms with Crippen molar-refractivity contribution >= 4 is 51.0 Å². The summed E-state index contributed by atoms with van der Waals surface area (Å²) in [5, 5.41) is 2.70. The maximum absolute atomic E-state index is 2.63. The smallest absolute Gasteiger partial charge is 0.333 e. The zero-order valence-corrected chi connectivity index (χ0v) is 24.5. The van der Waals surface area contributed by atoms with Crippen molar-refractivity contribution in [3.05, 3.63) is 138 Å². The van der Waals surface area contributed by atoms with Gasteiger partial charge in [0.2, 0.25) is 0 Å². The summed E-state index contributed by atoms with van der Waals surface area (Å²) < 4.78 is 2.55. The molecule has 10 rings (SSSR count). The molecule has 202 valence electrons. The fourth-order valence-electron chi connectivity index (χ4n) is 8.74. The van der Waals surface area contributed by atoms with Crippen molar-refractivity contribution < 1.29 is 0 Å². The minimum absolute atomic E-state index is 0.0590. The Hall–Kier alpha value is -5.02. The van der Waals surface area contributed by atoms with E-state index in [4.69, 9.17) is 0 Å². The summed E-state index contributed by atoms with van der Waals surface area (Å²) in [6.07, 6.45) is 0. The van der Waals surface area contributed by atoms with Crippen LogP contribution in [0.2, 0.25) is 0 Å². The summed E-state index contributed by atoms with van der Waals surface area (Å²) in [7, 11) is 0. The van der Waals surface area contributed by atoms with Gasteiger partial charge in [-0.1, -0.05) is 105 Å². The highest BCUT2D eigenvalue weighted by Gasteiger charge is 2.47. The molecule has 0 spiro atoms. The van der Waals surface area contributed by atoms with Crippen LogP contribution in [0.15, 0.2) is 121 Å². The van der Waals surface area contributed by atoms with E-state index in [1.165, 1.54) is 88.7 Å². The number of aryl methyl sites for hydroxylation is 1. The molecule has 0 saturated carbocycles. The lowest BCUT2D eigenvalue weighted by molar-refractivity contribution is 0.660. The fraction of sp³-hybridized carbons (Fsp3) is 0.100. The van der Waals surface area contributed by atoms with Crippen molar-refractivity contribution in [1.82, 2.24) is 4.57 Å². The molecule has 0 saturated heterocycles. The first-order valence-corrected chi connectivity index (χ1v) is 15.3. The Morgan fingerprint density at radius 1 is 0.628 bits per heavy atom. The molecule has 0 fully saturated rings. The Morgan fingerprint density at radius 3 is 2.26 bits per heavy atom. The van der Waals surface area contributed by atoms with Crippen LogP contribution in [0.5, 0.6) is 0 Å². The maximum Gasteiger partial charge on any atom is 0.333 e. The zero-order valence-electron chi connectivity index (χ0n) is 24.5. The van der Waals surface area contributed by atoms with E-state index in [2.05, 4.69) is 151 Å². The molecule has 6 aromatic carbocycles. The van der Waals surface area contributed by atoms with Gasteiger partial charge in [-0.3, -0.25) is 0 Å². The second kappa shape index (κ2) is 7.87. The minimum atomic E-state index is -0.0622.